The highest BCUT2D eigenvalue weighted by molar-refractivity contribution is 7.22. The first-order chi connectivity index (χ1) is 13.6. The van der Waals surface area contributed by atoms with Gasteiger partial charge in [0.25, 0.3) is 5.91 Å². The van der Waals surface area contributed by atoms with Crippen LogP contribution in [0.25, 0.3) is 10.2 Å². The van der Waals surface area contributed by atoms with Crippen molar-refractivity contribution in [3.8, 4) is 0 Å². The number of hydrogen-bond acceptors (Lipinski definition) is 7. The Hall–Kier alpha value is -1.84. The lowest BCUT2D eigenvalue weighted by molar-refractivity contribution is 0.0391. The van der Waals surface area contributed by atoms with E-state index in [1.807, 2.05) is 19.1 Å². The third-order valence-electron chi connectivity index (χ3n) is 4.64. The van der Waals surface area contributed by atoms with Gasteiger partial charge in [0.15, 0.2) is 5.13 Å². The van der Waals surface area contributed by atoms with Crippen LogP contribution in [-0.4, -0.2) is 65.2 Å². The van der Waals surface area contributed by atoms with Crippen LogP contribution in [-0.2, 0) is 4.74 Å². The molecule has 0 saturated carbocycles. The summed E-state index contributed by atoms with van der Waals surface area (Å²) in [5, 5.41) is 1.31. The summed E-state index contributed by atoms with van der Waals surface area (Å²) in [6, 6.07) is 3.77. The standard InChI is InChI=1S/C19H20ClN5O2S.ClH/c1-13-10-14(20)11-16-17(13)23-19(28-16)25(5-4-24-6-8-27-9-7-24)18(26)15-12-21-2-3-22-15;/h2-3,10-12H,4-9H2,1H3;1H. The molecule has 0 spiro atoms. The summed E-state index contributed by atoms with van der Waals surface area (Å²) in [7, 11) is 0. The fourth-order valence-electron chi connectivity index (χ4n) is 3.16. The molecule has 0 unspecified atom stereocenters. The smallest absolute Gasteiger partial charge is 0.280 e. The molecule has 2 aromatic heterocycles. The van der Waals surface area contributed by atoms with E-state index in [1.165, 1.54) is 23.7 Å². The van der Waals surface area contributed by atoms with Gasteiger partial charge in [-0.05, 0) is 24.6 Å². The van der Waals surface area contributed by atoms with E-state index in [9.17, 15) is 4.79 Å². The summed E-state index contributed by atoms with van der Waals surface area (Å²) in [5.41, 5.74) is 2.16. The van der Waals surface area contributed by atoms with Crippen molar-refractivity contribution < 1.29 is 9.53 Å². The van der Waals surface area contributed by atoms with Gasteiger partial charge >= 0.3 is 0 Å². The van der Waals surface area contributed by atoms with Gasteiger partial charge in [-0.2, -0.15) is 0 Å². The number of fused-ring (bicyclic) bond motifs is 1. The normalized spacial score (nSPS) is 14.6. The minimum Gasteiger partial charge on any atom is -0.379 e. The Bertz CT molecular complexity index is 979. The fraction of sp³-hybridized carbons (Fsp3) is 0.368. The topological polar surface area (TPSA) is 71.5 Å². The highest BCUT2D eigenvalue weighted by atomic mass is 35.5. The average Bonchev–Trinajstić information content (AvgIpc) is 3.13. The zero-order valence-electron chi connectivity index (χ0n) is 15.9. The summed E-state index contributed by atoms with van der Waals surface area (Å²) >= 11 is 7.66. The maximum Gasteiger partial charge on any atom is 0.280 e. The van der Waals surface area contributed by atoms with Crippen LogP contribution in [0.1, 0.15) is 16.1 Å². The van der Waals surface area contributed by atoms with Crippen LogP contribution in [0.3, 0.4) is 0 Å². The van der Waals surface area contributed by atoms with E-state index in [2.05, 4.69) is 14.9 Å². The van der Waals surface area contributed by atoms with Crippen molar-refractivity contribution in [2.75, 3.05) is 44.3 Å². The Kier molecular flexibility index (Phi) is 7.37. The second-order valence-corrected chi connectivity index (χ2v) is 8.01. The summed E-state index contributed by atoms with van der Waals surface area (Å²) < 4.78 is 6.37. The van der Waals surface area contributed by atoms with Gasteiger partial charge in [-0.1, -0.05) is 22.9 Å². The van der Waals surface area contributed by atoms with Gasteiger partial charge in [0.2, 0.25) is 0 Å². The molecule has 1 aliphatic heterocycles. The number of nitrogens with zero attached hydrogens (tertiary/aromatic N) is 5. The van der Waals surface area contributed by atoms with Gasteiger partial charge in [0, 0.05) is 43.6 Å². The van der Waals surface area contributed by atoms with Crippen LogP contribution in [0.15, 0.2) is 30.7 Å². The second kappa shape index (κ2) is 9.77. The van der Waals surface area contributed by atoms with Crippen molar-refractivity contribution in [3.05, 3.63) is 47.0 Å². The SMILES string of the molecule is Cc1cc(Cl)cc2sc(N(CCN3CCOCC3)C(=O)c3cnccn3)nc12.Cl. The Morgan fingerprint density at radius 1 is 1.31 bits per heavy atom. The largest absolute Gasteiger partial charge is 0.379 e. The molecule has 10 heteroatoms. The van der Waals surface area contributed by atoms with Gasteiger partial charge in [-0.15, -0.1) is 12.4 Å². The van der Waals surface area contributed by atoms with Gasteiger partial charge in [-0.25, -0.2) is 9.97 Å². The molecule has 0 radical (unpaired) electrons. The Morgan fingerprint density at radius 3 is 2.83 bits per heavy atom. The van der Waals surface area contributed by atoms with Crippen molar-refractivity contribution in [1.82, 2.24) is 19.9 Å². The van der Waals surface area contributed by atoms with E-state index in [1.54, 1.807) is 11.1 Å². The third kappa shape index (κ3) is 5.02. The average molecular weight is 454 g/mol. The molecule has 1 saturated heterocycles. The number of anilines is 1. The lowest BCUT2D eigenvalue weighted by atomic mass is 10.2. The molecule has 0 atom stereocenters. The van der Waals surface area contributed by atoms with Crippen LogP contribution >= 0.6 is 35.3 Å². The van der Waals surface area contributed by atoms with E-state index in [0.717, 1.165) is 48.6 Å². The fourth-order valence-corrected chi connectivity index (χ4v) is 4.60. The molecule has 0 aliphatic carbocycles. The lowest BCUT2D eigenvalue weighted by Gasteiger charge is -2.29. The predicted octanol–water partition coefficient (Wildman–Crippen LogP) is 3.45. The summed E-state index contributed by atoms with van der Waals surface area (Å²) in [5.74, 6) is -0.204. The number of amides is 1. The van der Waals surface area contributed by atoms with Crippen molar-refractivity contribution in [3.63, 3.8) is 0 Å². The van der Waals surface area contributed by atoms with Crippen LogP contribution in [0, 0.1) is 6.92 Å². The van der Waals surface area contributed by atoms with Crippen LogP contribution < -0.4 is 4.90 Å². The van der Waals surface area contributed by atoms with E-state index in [4.69, 9.17) is 21.3 Å². The number of rotatable bonds is 5. The number of carbonyl (C=O) groups excluding carboxylic acids is 1. The maximum absolute atomic E-state index is 13.2. The molecule has 1 amide bonds. The molecule has 3 heterocycles. The molecule has 0 bridgehead atoms. The molecular weight excluding hydrogens is 433 g/mol. The van der Waals surface area contributed by atoms with Crippen molar-refractivity contribution in [1.29, 1.82) is 0 Å². The number of aromatic nitrogens is 3. The van der Waals surface area contributed by atoms with Crippen molar-refractivity contribution in [2.24, 2.45) is 0 Å². The number of morpholine rings is 1. The number of carbonyl (C=O) groups is 1. The monoisotopic (exact) mass is 453 g/mol. The van der Waals surface area contributed by atoms with Gasteiger partial charge < -0.3 is 4.74 Å². The lowest BCUT2D eigenvalue weighted by Crippen LogP contribution is -2.43. The molecule has 29 heavy (non-hydrogen) atoms. The maximum atomic E-state index is 13.2. The zero-order valence-corrected chi connectivity index (χ0v) is 18.3. The van der Waals surface area contributed by atoms with Gasteiger partial charge in [0.1, 0.15) is 5.69 Å². The van der Waals surface area contributed by atoms with Gasteiger partial charge in [0.05, 0.1) is 29.6 Å². The van der Waals surface area contributed by atoms with E-state index in [0.29, 0.717) is 22.4 Å². The first-order valence-corrected chi connectivity index (χ1v) is 10.3. The first kappa shape index (κ1) is 21.9. The van der Waals surface area contributed by atoms with E-state index in [-0.39, 0.29) is 18.3 Å². The number of thiazole rings is 1. The molecule has 1 aromatic carbocycles. The molecule has 1 aliphatic rings. The zero-order chi connectivity index (χ0) is 19.5. The minimum absolute atomic E-state index is 0. The number of halogens is 2. The molecule has 4 rings (SSSR count). The summed E-state index contributed by atoms with van der Waals surface area (Å²) in [4.78, 5) is 30.1. The highest BCUT2D eigenvalue weighted by Crippen LogP contribution is 2.33. The Morgan fingerprint density at radius 2 is 2.10 bits per heavy atom. The van der Waals surface area contributed by atoms with Crippen LogP contribution in [0.5, 0.6) is 0 Å². The quantitative estimate of drug-likeness (QED) is 0.588. The molecule has 3 aromatic rings. The molecule has 7 nitrogen and oxygen atoms in total. The summed E-state index contributed by atoms with van der Waals surface area (Å²) in [6.07, 6.45) is 4.56. The third-order valence-corrected chi connectivity index (χ3v) is 5.88. The molecule has 154 valence electrons. The van der Waals surface area contributed by atoms with Crippen LogP contribution in [0.4, 0.5) is 5.13 Å². The number of benzene rings is 1. The molecule has 0 N–H and O–H groups in total. The van der Waals surface area contributed by atoms with E-state index >= 15 is 0 Å². The van der Waals surface area contributed by atoms with Crippen molar-refractivity contribution >= 4 is 56.6 Å². The summed E-state index contributed by atoms with van der Waals surface area (Å²) in [6.45, 7) is 6.39. The number of ether oxygens (including phenoxy) is 1. The van der Waals surface area contributed by atoms with E-state index < -0.39 is 0 Å². The van der Waals surface area contributed by atoms with Gasteiger partial charge in [-0.3, -0.25) is 19.6 Å². The second-order valence-electron chi connectivity index (χ2n) is 6.57. The minimum atomic E-state index is -0.204. The predicted molar refractivity (Wildman–Crippen MR) is 118 cm³/mol. The number of aryl methyl sites for hydroxylation is 1. The molecule has 1 fully saturated rings. The molecular formula is C19H21Cl2N5O2S. The highest BCUT2D eigenvalue weighted by Gasteiger charge is 2.24. The van der Waals surface area contributed by atoms with Crippen LogP contribution in [0.2, 0.25) is 5.02 Å². The number of hydrogen-bond donors (Lipinski definition) is 0. The Balaban J connectivity index is 0.00000240. The van der Waals surface area contributed by atoms with Crippen molar-refractivity contribution in [2.45, 2.75) is 6.92 Å². The Labute approximate surface area is 184 Å². The first-order valence-electron chi connectivity index (χ1n) is 9.06.